The summed E-state index contributed by atoms with van der Waals surface area (Å²) in [6.45, 7) is 7.87. The van der Waals surface area contributed by atoms with E-state index in [0.717, 1.165) is 0 Å². The lowest BCUT2D eigenvalue weighted by Gasteiger charge is -2.28. The minimum atomic E-state index is -0.324. The van der Waals surface area contributed by atoms with E-state index in [1.807, 2.05) is 13.8 Å². The van der Waals surface area contributed by atoms with Gasteiger partial charge < -0.3 is 9.64 Å². The van der Waals surface area contributed by atoms with Crippen molar-refractivity contribution >= 4 is 19.6 Å². The quantitative estimate of drug-likeness (QED) is 0.411. The molecule has 0 aliphatic rings. The van der Waals surface area contributed by atoms with Gasteiger partial charge in [0.25, 0.3) is 0 Å². The van der Waals surface area contributed by atoms with Crippen LogP contribution >= 0.6 is 0 Å². The Kier molecular flexibility index (Phi) is 6.62. The fourth-order valence-electron chi connectivity index (χ4n) is 1.53. The zero-order valence-electron chi connectivity index (χ0n) is 11.6. The second kappa shape index (κ2) is 7.15. The van der Waals surface area contributed by atoms with Crippen LogP contribution in [0.3, 0.4) is 0 Å². The highest BCUT2D eigenvalue weighted by atomic mass is 16.5. The molecule has 0 aromatic rings. The molecule has 5 heteroatoms. The fourth-order valence-corrected chi connectivity index (χ4v) is 1.53. The van der Waals surface area contributed by atoms with E-state index < -0.39 is 0 Å². The Hall–Kier alpha value is -1.26. The van der Waals surface area contributed by atoms with Crippen molar-refractivity contribution in [3.05, 3.63) is 11.6 Å². The van der Waals surface area contributed by atoms with Crippen LogP contribution in [-0.2, 0) is 9.53 Å². The molecule has 96 valence electrons. The van der Waals surface area contributed by atoms with Crippen LogP contribution in [0.1, 0.15) is 27.7 Å². The summed E-state index contributed by atoms with van der Waals surface area (Å²) in [5, 5.41) is 0. The molecule has 0 unspecified atom stereocenters. The molecule has 0 N–H and O–H groups in total. The summed E-state index contributed by atoms with van der Waals surface area (Å²) in [4.78, 5) is 24.5. The van der Waals surface area contributed by atoms with Crippen LogP contribution in [0.4, 0.5) is 4.79 Å². The van der Waals surface area contributed by atoms with Gasteiger partial charge in [-0.05, 0) is 19.8 Å². The summed E-state index contributed by atoms with van der Waals surface area (Å²) < 4.78 is 4.91. The highest BCUT2D eigenvalue weighted by molar-refractivity contribution is 6.56. The molecule has 0 aromatic heterocycles. The number of carbonyl (C=O) groups is 2. The first kappa shape index (κ1) is 15.7. The Labute approximate surface area is 104 Å². The zero-order chi connectivity index (χ0) is 13.6. The summed E-state index contributed by atoms with van der Waals surface area (Å²) >= 11 is 0. The molecule has 0 aromatic carbocycles. The van der Waals surface area contributed by atoms with Crippen LogP contribution in [0.25, 0.3) is 0 Å². The topological polar surface area (TPSA) is 46.6 Å². The van der Waals surface area contributed by atoms with Gasteiger partial charge in [0.1, 0.15) is 0 Å². The van der Waals surface area contributed by atoms with Gasteiger partial charge in [-0.25, -0.2) is 4.79 Å². The number of ether oxygens (including phenoxy) is 1. The normalized spacial score (nSPS) is 13.4. The minimum absolute atomic E-state index is 0.0170. The second-order valence-corrected chi connectivity index (χ2v) is 4.43. The van der Waals surface area contributed by atoms with Crippen LogP contribution in [-0.4, -0.2) is 44.2 Å². The van der Waals surface area contributed by atoms with Crippen LogP contribution < -0.4 is 0 Å². The van der Waals surface area contributed by atoms with E-state index in [4.69, 9.17) is 4.74 Å². The van der Waals surface area contributed by atoms with Crippen molar-refractivity contribution < 1.29 is 14.3 Å². The summed E-state index contributed by atoms with van der Waals surface area (Å²) in [7, 11) is 3.25. The van der Waals surface area contributed by atoms with Gasteiger partial charge >= 0.3 is 5.97 Å². The summed E-state index contributed by atoms with van der Waals surface area (Å²) in [6, 6.07) is -0.0862. The highest BCUT2D eigenvalue weighted by Gasteiger charge is 2.19. The van der Waals surface area contributed by atoms with Gasteiger partial charge in [-0.3, -0.25) is 4.79 Å². The summed E-state index contributed by atoms with van der Waals surface area (Å²) in [5.74, 6) is -0.0972. The van der Waals surface area contributed by atoms with Crippen LogP contribution in [0.2, 0.25) is 0 Å². The first-order valence-electron chi connectivity index (χ1n) is 5.90. The molecule has 1 amide bonds. The number of esters is 1. The number of hydrogen-bond acceptors (Lipinski definition) is 3. The molecule has 1 atom stereocenters. The van der Waals surface area contributed by atoms with Crippen LogP contribution in [0.5, 0.6) is 0 Å². The molecule has 0 aliphatic heterocycles. The molecule has 0 fully saturated rings. The van der Waals surface area contributed by atoms with Gasteiger partial charge in [0.2, 0.25) is 7.85 Å². The molecular weight excluding hydrogens is 217 g/mol. The van der Waals surface area contributed by atoms with Crippen molar-refractivity contribution in [2.45, 2.75) is 33.7 Å². The van der Waals surface area contributed by atoms with E-state index in [1.165, 1.54) is 7.85 Å². The lowest BCUT2D eigenvalue weighted by molar-refractivity contribution is -0.138. The van der Waals surface area contributed by atoms with E-state index in [2.05, 4.69) is 0 Å². The van der Waals surface area contributed by atoms with Crippen molar-refractivity contribution in [2.75, 3.05) is 13.7 Å². The van der Waals surface area contributed by atoms with Crippen molar-refractivity contribution in [2.24, 2.45) is 5.92 Å². The summed E-state index contributed by atoms with van der Waals surface area (Å²) in [6.07, 6.45) is 1.80. The van der Waals surface area contributed by atoms with Gasteiger partial charge in [-0.2, -0.15) is 0 Å². The van der Waals surface area contributed by atoms with E-state index in [9.17, 15) is 9.59 Å². The Balaban J connectivity index is 4.91. The van der Waals surface area contributed by atoms with Crippen LogP contribution in [0, 0.1) is 5.92 Å². The predicted octanol–water partition coefficient (Wildman–Crippen LogP) is 1.21. The first-order valence-corrected chi connectivity index (χ1v) is 5.90. The van der Waals surface area contributed by atoms with Gasteiger partial charge in [0.15, 0.2) is 5.81 Å². The molecule has 0 spiro atoms. The number of amides is 1. The van der Waals surface area contributed by atoms with E-state index in [-0.39, 0.29) is 23.7 Å². The average Bonchev–Trinajstić information content (AvgIpc) is 2.24. The molecule has 0 saturated carbocycles. The highest BCUT2D eigenvalue weighted by Crippen LogP contribution is 2.13. The van der Waals surface area contributed by atoms with Crippen molar-refractivity contribution in [1.82, 2.24) is 4.90 Å². The zero-order valence-corrected chi connectivity index (χ0v) is 11.6. The number of nitrogens with zero attached hydrogens (tertiary/aromatic N) is 1. The molecule has 4 nitrogen and oxygen atoms in total. The number of carbonyl (C=O) groups excluding carboxylic acids is 2. The van der Waals surface area contributed by atoms with E-state index >= 15 is 0 Å². The average molecular weight is 239 g/mol. The Morgan fingerprint density at radius 1 is 1.41 bits per heavy atom. The Morgan fingerprint density at radius 3 is 2.29 bits per heavy atom. The van der Waals surface area contributed by atoms with Crippen molar-refractivity contribution in [1.29, 1.82) is 0 Å². The second-order valence-electron chi connectivity index (χ2n) is 4.43. The van der Waals surface area contributed by atoms with Crippen LogP contribution in [0.15, 0.2) is 11.6 Å². The standard InChI is InChI=1S/C12H22BNO3/c1-6-17-11(15)9(4)7-10(8(2)3)14(5)12(13)16/h7-8,10H,6,13H2,1-5H3/b9-7+/t10-/m1/s1. The van der Waals surface area contributed by atoms with Gasteiger partial charge in [-0.1, -0.05) is 19.9 Å². The maximum atomic E-state index is 11.5. The maximum Gasteiger partial charge on any atom is 0.333 e. The third-order valence-corrected chi connectivity index (χ3v) is 2.65. The SMILES string of the molecule is BC(=O)N(C)[C@H](/C=C(\C)C(=O)OCC)C(C)C. The Morgan fingerprint density at radius 2 is 1.94 bits per heavy atom. The number of likely N-dealkylation sites (N-methyl/N-ethyl adjacent to an activating group) is 1. The van der Waals surface area contributed by atoms with Gasteiger partial charge in [0, 0.05) is 12.6 Å². The molecule has 0 rings (SSSR count). The number of rotatable bonds is 5. The first-order chi connectivity index (χ1) is 7.81. The smallest absolute Gasteiger partial charge is 0.333 e. The molecule has 17 heavy (non-hydrogen) atoms. The fraction of sp³-hybridized carbons (Fsp3) is 0.667. The van der Waals surface area contributed by atoms with Crippen molar-refractivity contribution in [3.8, 4) is 0 Å². The molecular formula is C12H22BNO3. The Bertz CT molecular complexity index is 313. The number of hydrogen-bond donors (Lipinski definition) is 0. The minimum Gasteiger partial charge on any atom is -0.463 e. The summed E-state index contributed by atoms with van der Waals surface area (Å²) in [5.41, 5.74) is 0.540. The van der Waals surface area contributed by atoms with Gasteiger partial charge in [-0.15, -0.1) is 0 Å². The third-order valence-electron chi connectivity index (χ3n) is 2.65. The predicted molar refractivity (Wildman–Crippen MR) is 70.7 cm³/mol. The monoisotopic (exact) mass is 239 g/mol. The lowest BCUT2D eigenvalue weighted by Crippen LogP contribution is -2.38. The maximum absolute atomic E-state index is 11.5. The molecule has 0 radical (unpaired) electrons. The van der Waals surface area contributed by atoms with Gasteiger partial charge in [0.05, 0.1) is 12.6 Å². The molecule has 0 saturated heterocycles. The van der Waals surface area contributed by atoms with E-state index in [0.29, 0.717) is 12.2 Å². The third kappa shape index (κ3) is 5.07. The van der Waals surface area contributed by atoms with E-state index in [1.54, 1.807) is 31.9 Å². The van der Waals surface area contributed by atoms with Crippen molar-refractivity contribution in [3.63, 3.8) is 0 Å². The molecule has 0 heterocycles. The molecule has 0 bridgehead atoms. The lowest BCUT2D eigenvalue weighted by atomic mass is 9.97. The largest absolute Gasteiger partial charge is 0.463 e. The molecule has 0 aliphatic carbocycles.